The van der Waals surface area contributed by atoms with E-state index in [-0.39, 0.29) is 17.6 Å². The van der Waals surface area contributed by atoms with Gasteiger partial charge in [0.25, 0.3) is 0 Å². The maximum absolute atomic E-state index is 12.6. The highest BCUT2D eigenvalue weighted by Crippen LogP contribution is 2.14. The van der Waals surface area contributed by atoms with E-state index >= 15 is 0 Å². The maximum Gasteiger partial charge on any atom is 0.241 e. The molecule has 0 unspecified atom stereocenters. The van der Waals surface area contributed by atoms with Gasteiger partial charge in [-0.15, -0.1) is 0 Å². The number of carbonyl (C=O) groups excluding carboxylic acids is 1. The summed E-state index contributed by atoms with van der Waals surface area (Å²) >= 11 is 0. The van der Waals surface area contributed by atoms with Crippen LogP contribution in [0.3, 0.4) is 0 Å². The average Bonchev–Trinajstić information content (AvgIpc) is 3.07. The molecule has 5 nitrogen and oxygen atoms in total. The van der Waals surface area contributed by atoms with Gasteiger partial charge in [-0.2, -0.15) is 0 Å². The van der Waals surface area contributed by atoms with Crippen molar-refractivity contribution in [2.45, 2.75) is 45.6 Å². The number of amides is 1. The molecule has 1 aliphatic heterocycles. The van der Waals surface area contributed by atoms with E-state index in [0.29, 0.717) is 12.8 Å². The summed E-state index contributed by atoms with van der Waals surface area (Å²) in [6.07, 6.45) is 3.26. The van der Waals surface area contributed by atoms with Gasteiger partial charge in [-0.25, -0.2) is 13.1 Å². The lowest BCUT2D eigenvalue weighted by atomic mass is 10.0. The Bertz CT molecular complexity index is 623. The van der Waals surface area contributed by atoms with E-state index in [1.165, 1.54) is 0 Å². The van der Waals surface area contributed by atoms with Crippen molar-refractivity contribution in [3.63, 3.8) is 0 Å². The first-order valence-corrected chi connectivity index (χ1v) is 10.4. The summed E-state index contributed by atoms with van der Waals surface area (Å²) in [6, 6.07) is 9.17. The van der Waals surface area contributed by atoms with Crippen molar-refractivity contribution in [3.05, 3.63) is 35.9 Å². The second-order valence-electron chi connectivity index (χ2n) is 6.78. The van der Waals surface area contributed by atoms with E-state index in [4.69, 9.17) is 0 Å². The number of sulfonamides is 1. The molecule has 1 atom stereocenters. The first kappa shape index (κ1) is 18.9. The van der Waals surface area contributed by atoms with Crippen LogP contribution in [0.1, 0.15) is 38.7 Å². The molecule has 0 aromatic heterocycles. The second kappa shape index (κ2) is 8.62. The Morgan fingerprint density at radius 1 is 1.17 bits per heavy atom. The van der Waals surface area contributed by atoms with Crippen molar-refractivity contribution in [2.24, 2.45) is 5.92 Å². The zero-order chi connectivity index (χ0) is 17.6. The molecular formula is C18H28N2O3S. The summed E-state index contributed by atoms with van der Waals surface area (Å²) < 4.78 is 27.4. The first-order valence-electron chi connectivity index (χ1n) is 8.72. The lowest BCUT2D eigenvalue weighted by Gasteiger charge is -2.26. The highest BCUT2D eigenvalue weighted by atomic mass is 32.2. The monoisotopic (exact) mass is 352 g/mol. The molecule has 0 bridgehead atoms. The number of nitrogens with one attached hydrogen (secondary N) is 1. The van der Waals surface area contributed by atoms with Crippen LogP contribution < -0.4 is 4.72 Å². The number of nitrogens with zero attached hydrogens (tertiary/aromatic N) is 1. The quantitative estimate of drug-likeness (QED) is 0.780. The van der Waals surface area contributed by atoms with Gasteiger partial charge >= 0.3 is 0 Å². The number of hydrogen-bond acceptors (Lipinski definition) is 3. The molecular weight excluding hydrogens is 324 g/mol. The minimum Gasteiger partial charge on any atom is -0.341 e. The van der Waals surface area contributed by atoms with Crippen LogP contribution in [-0.2, 0) is 21.2 Å². The molecule has 1 saturated heterocycles. The van der Waals surface area contributed by atoms with E-state index in [2.05, 4.69) is 4.72 Å². The predicted octanol–water partition coefficient (Wildman–Crippen LogP) is 2.19. The predicted molar refractivity (Wildman–Crippen MR) is 96.1 cm³/mol. The Balaban J connectivity index is 1.90. The highest BCUT2D eigenvalue weighted by Gasteiger charge is 2.31. The van der Waals surface area contributed by atoms with Gasteiger partial charge in [0.15, 0.2) is 0 Å². The lowest BCUT2D eigenvalue weighted by Crippen LogP contribution is -2.50. The van der Waals surface area contributed by atoms with Gasteiger partial charge in [-0.3, -0.25) is 4.79 Å². The number of likely N-dealkylation sites (tertiary alicyclic amines) is 1. The summed E-state index contributed by atoms with van der Waals surface area (Å²) in [4.78, 5) is 14.3. The molecule has 2 rings (SSSR count). The van der Waals surface area contributed by atoms with E-state index in [1.807, 2.05) is 44.2 Å². The van der Waals surface area contributed by atoms with Crippen molar-refractivity contribution in [3.8, 4) is 0 Å². The lowest BCUT2D eigenvalue weighted by molar-refractivity contribution is -0.132. The second-order valence-corrected chi connectivity index (χ2v) is 8.65. The molecule has 0 aliphatic carbocycles. The normalized spacial score (nSPS) is 16.5. The van der Waals surface area contributed by atoms with Gasteiger partial charge in [0, 0.05) is 13.1 Å². The molecule has 1 aliphatic rings. The number of rotatable bonds is 8. The SMILES string of the molecule is CC(C)[C@@H](NS(=O)(=O)CCCc1ccccc1)C(=O)N1CCCC1. The fraction of sp³-hybridized carbons (Fsp3) is 0.611. The van der Waals surface area contributed by atoms with Gasteiger partial charge < -0.3 is 4.90 Å². The van der Waals surface area contributed by atoms with Gasteiger partial charge in [0.1, 0.15) is 6.04 Å². The maximum atomic E-state index is 12.6. The molecule has 1 aromatic rings. The van der Waals surface area contributed by atoms with E-state index in [9.17, 15) is 13.2 Å². The van der Waals surface area contributed by atoms with Gasteiger partial charge in [0.2, 0.25) is 15.9 Å². The van der Waals surface area contributed by atoms with Gasteiger partial charge in [-0.05, 0) is 37.2 Å². The molecule has 0 radical (unpaired) electrons. The van der Waals surface area contributed by atoms with Crippen molar-refractivity contribution in [2.75, 3.05) is 18.8 Å². The minimum absolute atomic E-state index is 0.0401. The molecule has 1 amide bonds. The Labute approximate surface area is 145 Å². The van der Waals surface area contributed by atoms with Crippen LogP contribution in [0.2, 0.25) is 0 Å². The van der Waals surface area contributed by atoms with Crippen molar-refractivity contribution in [1.29, 1.82) is 0 Å². The van der Waals surface area contributed by atoms with Crippen molar-refractivity contribution in [1.82, 2.24) is 9.62 Å². The zero-order valence-corrected chi connectivity index (χ0v) is 15.4. The topological polar surface area (TPSA) is 66.5 Å². The highest BCUT2D eigenvalue weighted by molar-refractivity contribution is 7.89. The van der Waals surface area contributed by atoms with Crippen LogP contribution >= 0.6 is 0 Å². The van der Waals surface area contributed by atoms with E-state index in [1.54, 1.807) is 4.90 Å². The number of hydrogen-bond donors (Lipinski definition) is 1. The molecule has 1 aromatic carbocycles. The standard InChI is InChI=1S/C18H28N2O3S/c1-15(2)17(18(21)20-12-6-7-13-20)19-24(22,23)14-8-11-16-9-4-3-5-10-16/h3-5,9-10,15,17,19H,6-8,11-14H2,1-2H3/t17-/m1/s1. The number of carbonyl (C=O) groups is 1. The largest absolute Gasteiger partial charge is 0.341 e. The molecule has 1 N–H and O–H groups in total. The molecule has 24 heavy (non-hydrogen) atoms. The van der Waals surface area contributed by atoms with Gasteiger partial charge in [0.05, 0.1) is 5.75 Å². The zero-order valence-electron chi connectivity index (χ0n) is 14.6. The van der Waals surface area contributed by atoms with Gasteiger partial charge in [-0.1, -0.05) is 44.2 Å². The first-order chi connectivity index (χ1) is 11.4. The average molecular weight is 353 g/mol. The Kier molecular flexibility index (Phi) is 6.80. The Morgan fingerprint density at radius 3 is 2.38 bits per heavy atom. The van der Waals surface area contributed by atoms with E-state index in [0.717, 1.165) is 31.5 Å². The number of benzene rings is 1. The summed E-state index contributed by atoms with van der Waals surface area (Å²) in [5.74, 6) is -0.116. The van der Waals surface area contributed by atoms with Crippen molar-refractivity contribution >= 4 is 15.9 Å². The third-order valence-corrected chi connectivity index (χ3v) is 5.82. The molecule has 1 fully saturated rings. The summed E-state index contributed by atoms with van der Waals surface area (Å²) in [5, 5.41) is 0. The fourth-order valence-electron chi connectivity index (χ4n) is 2.97. The summed E-state index contributed by atoms with van der Waals surface area (Å²) in [6.45, 7) is 5.23. The van der Waals surface area contributed by atoms with Crippen molar-refractivity contribution < 1.29 is 13.2 Å². The Morgan fingerprint density at radius 2 is 1.79 bits per heavy atom. The molecule has 0 spiro atoms. The van der Waals surface area contributed by atoms with Crippen LogP contribution in [0.4, 0.5) is 0 Å². The fourth-order valence-corrected chi connectivity index (χ4v) is 4.37. The molecule has 6 heteroatoms. The van der Waals surface area contributed by atoms with E-state index < -0.39 is 16.1 Å². The van der Waals surface area contributed by atoms with Crippen LogP contribution in [0.25, 0.3) is 0 Å². The summed E-state index contributed by atoms with van der Waals surface area (Å²) in [5.41, 5.74) is 1.13. The number of aryl methyl sites for hydroxylation is 1. The third kappa shape index (κ3) is 5.60. The van der Waals surface area contributed by atoms with Crippen LogP contribution in [0.5, 0.6) is 0 Å². The molecule has 134 valence electrons. The summed E-state index contributed by atoms with van der Waals surface area (Å²) in [7, 11) is -3.47. The molecule has 0 saturated carbocycles. The third-order valence-electron chi connectivity index (χ3n) is 4.38. The molecule has 1 heterocycles. The minimum atomic E-state index is -3.47. The smallest absolute Gasteiger partial charge is 0.241 e. The Hall–Kier alpha value is -1.40. The van der Waals surface area contributed by atoms with Crippen LogP contribution in [-0.4, -0.2) is 44.1 Å². The van der Waals surface area contributed by atoms with Crippen LogP contribution in [0, 0.1) is 5.92 Å². The van der Waals surface area contributed by atoms with Crippen LogP contribution in [0.15, 0.2) is 30.3 Å².